The van der Waals surface area contributed by atoms with Crippen molar-refractivity contribution in [3.63, 3.8) is 0 Å². The minimum Gasteiger partial charge on any atom is -0.396 e. The molecule has 1 fully saturated rings. The van der Waals surface area contributed by atoms with E-state index in [-0.39, 0.29) is 6.61 Å². The van der Waals surface area contributed by atoms with Crippen LogP contribution >= 0.6 is 15.9 Å². The summed E-state index contributed by atoms with van der Waals surface area (Å²) in [5.74, 6) is 1.06. The highest BCUT2D eigenvalue weighted by atomic mass is 79.9. The predicted molar refractivity (Wildman–Crippen MR) is 77.9 cm³/mol. The predicted octanol–water partition coefficient (Wildman–Crippen LogP) is 3.91. The quantitative estimate of drug-likeness (QED) is 0.910. The Bertz CT molecular complexity index is 571. The van der Waals surface area contributed by atoms with Crippen molar-refractivity contribution in [2.45, 2.75) is 32.2 Å². The number of halogens is 1. The molecule has 1 aliphatic rings. The standard InChI is InChI=1S/C15H18BrNO/c1-10(9-18)7-17-8-14(11-2-3-11)13-5-4-12(16)6-15(13)17/h4-6,8,10-11,18H,2-3,7,9H2,1H3/t10-/m0/s1. The number of aliphatic hydroxyl groups is 1. The maximum Gasteiger partial charge on any atom is 0.0494 e. The van der Waals surface area contributed by atoms with Gasteiger partial charge in [0.2, 0.25) is 0 Å². The fraction of sp³-hybridized carbons (Fsp3) is 0.467. The lowest BCUT2D eigenvalue weighted by Crippen LogP contribution is -2.10. The number of hydrogen-bond acceptors (Lipinski definition) is 1. The number of aromatic nitrogens is 1. The molecule has 96 valence electrons. The van der Waals surface area contributed by atoms with Crippen molar-refractivity contribution in [2.24, 2.45) is 5.92 Å². The third kappa shape index (κ3) is 2.21. The van der Waals surface area contributed by atoms with Crippen LogP contribution in [0.5, 0.6) is 0 Å². The van der Waals surface area contributed by atoms with E-state index in [1.165, 1.54) is 29.3 Å². The average molecular weight is 308 g/mol. The molecule has 1 saturated carbocycles. The van der Waals surface area contributed by atoms with Crippen molar-refractivity contribution >= 4 is 26.8 Å². The van der Waals surface area contributed by atoms with Crippen LogP contribution in [0.2, 0.25) is 0 Å². The van der Waals surface area contributed by atoms with Gasteiger partial charge >= 0.3 is 0 Å². The normalized spacial score (nSPS) is 17.3. The van der Waals surface area contributed by atoms with E-state index in [2.05, 4.69) is 51.8 Å². The van der Waals surface area contributed by atoms with Crippen molar-refractivity contribution in [2.75, 3.05) is 6.61 Å². The molecule has 1 atom stereocenters. The molecule has 2 nitrogen and oxygen atoms in total. The van der Waals surface area contributed by atoms with Gasteiger partial charge in [0.1, 0.15) is 0 Å². The maximum atomic E-state index is 9.23. The lowest BCUT2D eigenvalue weighted by Gasteiger charge is -2.10. The topological polar surface area (TPSA) is 25.2 Å². The van der Waals surface area contributed by atoms with Crippen molar-refractivity contribution in [1.29, 1.82) is 0 Å². The highest BCUT2D eigenvalue weighted by molar-refractivity contribution is 9.10. The molecule has 0 bridgehead atoms. The monoisotopic (exact) mass is 307 g/mol. The van der Waals surface area contributed by atoms with E-state index in [9.17, 15) is 5.11 Å². The third-order valence-corrected chi connectivity index (χ3v) is 4.21. The summed E-state index contributed by atoms with van der Waals surface area (Å²) < 4.78 is 3.42. The van der Waals surface area contributed by atoms with Crippen LogP contribution in [0.1, 0.15) is 31.2 Å². The number of aliphatic hydroxyl groups excluding tert-OH is 1. The number of fused-ring (bicyclic) bond motifs is 1. The lowest BCUT2D eigenvalue weighted by atomic mass is 10.1. The van der Waals surface area contributed by atoms with Gasteiger partial charge < -0.3 is 9.67 Å². The second kappa shape index (κ2) is 4.71. The van der Waals surface area contributed by atoms with Gasteiger partial charge in [-0.05, 0) is 42.4 Å². The van der Waals surface area contributed by atoms with E-state index in [1.54, 1.807) is 0 Å². The van der Waals surface area contributed by atoms with Crippen molar-refractivity contribution in [1.82, 2.24) is 4.57 Å². The van der Waals surface area contributed by atoms with E-state index >= 15 is 0 Å². The summed E-state index contributed by atoms with van der Waals surface area (Å²) in [4.78, 5) is 0. The van der Waals surface area contributed by atoms with E-state index < -0.39 is 0 Å². The fourth-order valence-electron chi connectivity index (χ4n) is 2.56. The molecule has 3 heteroatoms. The third-order valence-electron chi connectivity index (χ3n) is 3.71. The molecule has 1 aromatic heterocycles. The van der Waals surface area contributed by atoms with Crippen LogP contribution < -0.4 is 0 Å². The zero-order valence-electron chi connectivity index (χ0n) is 10.6. The second-order valence-corrected chi connectivity index (χ2v) is 6.38. The van der Waals surface area contributed by atoms with Crippen molar-refractivity contribution in [3.8, 4) is 0 Å². The first kappa shape index (κ1) is 12.2. The smallest absolute Gasteiger partial charge is 0.0494 e. The minimum atomic E-state index is 0.242. The Morgan fingerprint density at radius 3 is 2.89 bits per heavy atom. The number of nitrogens with zero attached hydrogens (tertiary/aromatic N) is 1. The molecule has 0 unspecified atom stereocenters. The first-order valence-corrected chi connectivity index (χ1v) is 7.37. The van der Waals surface area contributed by atoms with E-state index in [4.69, 9.17) is 0 Å². The second-order valence-electron chi connectivity index (χ2n) is 5.46. The lowest BCUT2D eigenvalue weighted by molar-refractivity contribution is 0.224. The van der Waals surface area contributed by atoms with Gasteiger partial charge in [-0.15, -0.1) is 0 Å². The zero-order valence-corrected chi connectivity index (χ0v) is 12.2. The summed E-state index contributed by atoms with van der Waals surface area (Å²) >= 11 is 3.55. The minimum absolute atomic E-state index is 0.242. The summed E-state index contributed by atoms with van der Waals surface area (Å²) in [5.41, 5.74) is 2.77. The first-order valence-electron chi connectivity index (χ1n) is 6.58. The molecule has 0 saturated heterocycles. The Hall–Kier alpha value is -0.800. The van der Waals surface area contributed by atoms with Gasteiger partial charge in [-0.2, -0.15) is 0 Å². The molecule has 0 amide bonds. The SMILES string of the molecule is C[C@H](CO)Cn1cc(C2CC2)c2ccc(Br)cc21. The molecular formula is C15H18BrNO. The van der Waals surface area contributed by atoms with Gasteiger partial charge in [0.25, 0.3) is 0 Å². The number of rotatable bonds is 4. The molecule has 1 aliphatic carbocycles. The Morgan fingerprint density at radius 2 is 2.22 bits per heavy atom. The molecule has 2 aromatic rings. The number of hydrogen-bond donors (Lipinski definition) is 1. The van der Waals surface area contributed by atoms with Crippen LogP contribution in [0.15, 0.2) is 28.9 Å². The largest absolute Gasteiger partial charge is 0.396 e. The number of benzene rings is 1. The van der Waals surface area contributed by atoms with Crippen LogP contribution in [0.4, 0.5) is 0 Å². The van der Waals surface area contributed by atoms with Crippen molar-refractivity contribution < 1.29 is 5.11 Å². The summed E-state index contributed by atoms with van der Waals surface area (Å²) in [6.07, 6.45) is 4.94. The van der Waals surface area contributed by atoms with Crippen LogP contribution in [-0.4, -0.2) is 16.3 Å². The van der Waals surface area contributed by atoms with Gasteiger partial charge in [-0.3, -0.25) is 0 Å². The Balaban J connectivity index is 2.08. The molecule has 1 aromatic carbocycles. The van der Waals surface area contributed by atoms with Gasteiger partial charge in [-0.25, -0.2) is 0 Å². The molecule has 1 heterocycles. The summed E-state index contributed by atoms with van der Waals surface area (Å²) in [5, 5.41) is 10.6. The van der Waals surface area contributed by atoms with Gasteiger partial charge in [0.05, 0.1) is 0 Å². The average Bonchev–Trinajstić information content (AvgIpc) is 3.14. The highest BCUT2D eigenvalue weighted by Gasteiger charge is 2.27. The molecule has 18 heavy (non-hydrogen) atoms. The highest BCUT2D eigenvalue weighted by Crippen LogP contribution is 2.44. The Morgan fingerprint density at radius 1 is 1.44 bits per heavy atom. The van der Waals surface area contributed by atoms with Crippen LogP contribution in [-0.2, 0) is 6.54 Å². The van der Waals surface area contributed by atoms with Crippen molar-refractivity contribution in [3.05, 3.63) is 34.4 Å². The van der Waals surface area contributed by atoms with Gasteiger partial charge in [0, 0.05) is 34.7 Å². The van der Waals surface area contributed by atoms with E-state index in [0.717, 1.165) is 16.9 Å². The van der Waals surface area contributed by atoms with Crippen LogP contribution in [0.3, 0.4) is 0 Å². The summed E-state index contributed by atoms with van der Waals surface area (Å²) in [7, 11) is 0. The maximum absolute atomic E-state index is 9.23. The zero-order chi connectivity index (χ0) is 12.7. The van der Waals surface area contributed by atoms with Crippen LogP contribution in [0.25, 0.3) is 10.9 Å². The van der Waals surface area contributed by atoms with Crippen LogP contribution in [0, 0.1) is 5.92 Å². The molecule has 0 aliphatic heterocycles. The van der Waals surface area contributed by atoms with E-state index in [0.29, 0.717) is 5.92 Å². The first-order chi connectivity index (χ1) is 8.69. The Kier molecular flexibility index (Phi) is 3.20. The molecule has 0 radical (unpaired) electrons. The molecular weight excluding hydrogens is 290 g/mol. The fourth-order valence-corrected chi connectivity index (χ4v) is 2.91. The van der Waals surface area contributed by atoms with E-state index in [1.807, 2.05) is 0 Å². The Labute approximate surface area is 116 Å². The summed E-state index contributed by atoms with van der Waals surface area (Å²) in [6, 6.07) is 6.52. The molecule has 1 N–H and O–H groups in total. The molecule has 0 spiro atoms. The van der Waals surface area contributed by atoms with Gasteiger partial charge in [0.15, 0.2) is 0 Å². The summed E-state index contributed by atoms with van der Waals surface area (Å²) in [6.45, 7) is 3.21. The molecule has 3 rings (SSSR count). The van der Waals surface area contributed by atoms with Gasteiger partial charge in [-0.1, -0.05) is 28.9 Å².